The lowest BCUT2D eigenvalue weighted by atomic mass is 9.77. The molecule has 1 aliphatic rings. The van der Waals surface area contributed by atoms with Gasteiger partial charge in [-0.15, -0.1) is 0 Å². The van der Waals surface area contributed by atoms with Crippen LogP contribution in [-0.2, 0) is 6.54 Å². The second kappa shape index (κ2) is 6.75. The van der Waals surface area contributed by atoms with E-state index in [9.17, 15) is 9.90 Å². The van der Waals surface area contributed by atoms with Crippen molar-refractivity contribution in [1.82, 2.24) is 10.6 Å². The van der Waals surface area contributed by atoms with E-state index in [0.717, 1.165) is 24.8 Å². The number of hydrogen-bond acceptors (Lipinski definition) is 2. The lowest BCUT2D eigenvalue weighted by Gasteiger charge is -2.39. The van der Waals surface area contributed by atoms with Gasteiger partial charge in [0.2, 0.25) is 0 Å². The van der Waals surface area contributed by atoms with Gasteiger partial charge in [0.1, 0.15) is 0 Å². The van der Waals surface area contributed by atoms with Gasteiger partial charge in [-0.05, 0) is 24.3 Å². The van der Waals surface area contributed by atoms with E-state index in [1.165, 1.54) is 6.42 Å². The molecule has 110 valence electrons. The number of aliphatic hydroxyl groups is 1. The highest BCUT2D eigenvalue weighted by Gasteiger charge is 2.35. The molecule has 3 N–H and O–H groups in total. The van der Waals surface area contributed by atoms with Gasteiger partial charge in [0.15, 0.2) is 0 Å². The molecule has 2 amide bonds. The number of urea groups is 1. The predicted molar refractivity (Wildman–Crippen MR) is 79.3 cm³/mol. The smallest absolute Gasteiger partial charge is 0.315 e. The first-order chi connectivity index (χ1) is 9.63. The normalized spacial score (nSPS) is 26.0. The SMILES string of the molecule is CC1CCCC(CO)(NC(=O)NCc2ccccc2)C1. The topological polar surface area (TPSA) is 61.4 Å². The summed E-state index contributed by atoms with van der Waals surface area (Å²) in [5, 5.41) is 15.5. The predicted octanol–water partition coefficient (Wildman–Crippen LogP) is 2.43. The van der Waals surface area contributed by atoms with Crippen molar-refractivity contribution in [1.29, 1.82) is 0 Å². The minimum atomic E-state index is -0.446. The van der Waals surface area contributed by atoms with Crippen LogP contribution >= 0.6 is 0 Å². The third kappa shape index (κ3) is 3.97. The molecule has 0 aromatic heterocycles. The number of amides is 2. The second-order valence-corrected chi connectivity index (χ2v) is 5.93. The van der Waals surface area contributed by atoms with Gasteiger partial charge in [0.25, 0.3) is 0 Å². The van der Waals surface area contributed by atoms with Crippen LogP contribution in [0, 0.1) is 5.92 Å². The fourth-order valence-corrected chi connectivity index (χ4v) is 3.02. The molecule has 4 heteroatoms. The number of carbonyl (C=O) groups is 1. The van der Waals surface area contributed by atoms with Crippen LogP contribution in [0.5, 0.6) is 0 Å². The molecule has 4 nitrogen and oxygen atoms in total. The molecular formula is C16H24N2O2. The zero-order valence-corrected chi connectivity index (χ0v) is 12.1. The van der Waals surface area contributed by atoms with Gasteiger partial charge < -0.3 is 15.7 Å². The molecule has 0 spiro atoms. The first-order valence-electron chi connectivity index (χ1n) is 7.34. The van der Waals surface area contributed by atoms with Crippen LogP contribution in [0.2, 0.25) is 0 Å². The summed E-state index contributed by atoms with van der Waals surface area (Å²) in [6.45, 7) is 2.69. The van der Waals surface area contributed by atoms with E-state index in [2.05, 4.69) is 17.6 Å². The molecule has 0 aliphatic heterocycles. The van der Waals surface area contributed by atoms with E-state index in [4.69, 9.17) is 0 Å². The van der Waals surface area contributed by atoms with Crippen LogP contribution in [0.3, 0.4) is 0 Å². The Morgan fingerprint density at radius 2 is 2.15 bits per heavy atom. The molecule has 0 radical (unpaired) electrons. The molecule has 1 aromatic carbocycles. The number of benzene rings is 1. The van der Waals surface area contributed by atoms with E-state index in [1.54, 1.807) is 0 Å². The summed E-state index contributed by atoms with van der Waals surface area (Å²) < 4.78 is 0. The molecule has 1 fully saturated rings. The Bertz CT molecular complexity index is 435. The minimum Gasteiger partial charge on any atom is -0.394 e. The number of rotatable bonds is 4. The first-order valence-corrected chi connectivity index (χ1v) is 7.34. The molecule has 2 atom stereocenters. The summed E-state index contributed by atoms with van der Waals surface area (Å²) in [7, 11) is 0. The lowest BCUT2D eigenvalue weighted by molar-refractivity contribution is 0.105. The maximum absolute atomic E-state index is 12.0. The van der Waals surface area contributed by atoms with Crippen LogP contribution in [0.15, 0.2) is 30.3 Å². The highest BCUT2D eigenvalue weighted by Crippen LogP contribution is 2.31. The van der Waals surface area contributed by atoms with E-state index >= 15 is 0 Å². The van der Waals surface area contributed by atoms with Crippen LogP contribution in [0.1, 0.15) is 38.2 Å². The molecule has 0 saturated heterocycles. The largest absolute Gasteiger partial charge is 0.394 e. The van der Waals surface area contributed by atoms with Gasteiger partial charge in [0.05, 0.1) is 12.1 Å². The molecule has 0 heterocycles. The maximum Gasteiger partial charge on any atom is 0.315 e. The van der Waals surface area contributed by atoms with Crippen molar-refractivity contribution in [2.45, 2.75) is 44.7 Å². The molecule has 0 bridgehead atoms. The first kappa shape index (κ1) is 14.9. The highest BCUT2D eigenvalue weighted by molar-refractivity contribution is 5.74. The summed E-state index contributed by atoms with van der Waals surface area (Å²) in [6, 6.07) is 9.61. The summed E-state index contributed by atoms with van der Waals surface area (Å²) in [5.41, 5.74) is 0.621. The Morgan fingerprint density at radius 1 is 1.40 bits per heavy atom. The zero-order chi connectivity index (χ0) is 14.4. The Hall–Kier alpha value is -1.55. The number of carbonyl (C=O) groups excluding carboxylic acids is 1. The van der Waals surface area contributed by atoms with E-state index in [1.807, 2.05) is 30.3 Å². The third-order valence-corrected chi connectivity index (χ3v) is 4.07. The summed E-state index contributed by atoms with van der Waals surface area (Å²) in [5.74, 6) is 0.547. The van der Waals surface area contributed by atoms with Crippen LogP contribution in [-0.4, -0.2) is 23.3 Å². The number of nitrogens with one attached hydrogen (secondary N) is 2. The molecular weight excluding hydrogens is 252 g/mol. The van der Waals surface area contributed by atoms with Crippen molar-refractivity contribution in [3.63, 3.8) is 0 Å². The van der Waals surface area contributed by atoms with Gasteiger partial charge in [-0.3, -0.25) is 0 Å². The van der Waals surface area contributed by atoms with Gasteiger partial charge in [-0.2, -0.15) is 0 Å². The van der Waals surface area contributed by atoms with Gasteiger partial charge in [-0.1, -0.05) is 50.1 Å². The number of hydrogen-bond donors (Lipinski definition) is 3. The Kier molecular flexibility index (Phi) is 5.01. The van der Waals surface area contributed by atoms with Crippen LogP contribution < -0.4 is 10.6 Å². The second-order valence-electron chi connectivity index (χ2n) is 5.93. The monoisotopic (exact) mass is 276 g/mol. The highest BCUT2D eigenvalue weighted by atomic mass is 16.3. The van der Waals surface area contributed by atoms with Crippen molar-refractivity contribution >= 4 is 6.03 Å². The van der Waals surface area contributed by atoms with E-state index in [0.29, 0.717) is 12.5 Å². The molecule has 1 aromatic rings. The molecule has 1 saturated carbocycles. The minimum absolute atomic E-state index is 0.0100. The van der Waals surface area contributed by atoms with Gasteiger partial charge in [0, 0.05) is 6.54 Å². The average Bonchev–Trinajstić information content (AvgIpc) is 2.46. The third-order valence-electron chi connectivity index (χ3n) is 4.07. The summed E-state index contributed by atoms with van der Waals surface area (Å²) >= 11 is 0. The van der Waals surface area contributed by atoms with Crippen molar-refractivity contribution in [3.8, 4) is 0 Å². The molecule has 20 heavy (non-hydrogen) atoms. The quantitative estimate of drug-likeness (QED) is 0.791. The lowest BCUT2D eigenvalue weighted by Crippen LogP contribution is -2.56. The van der Waals surface area contributed by atoms with Crippen molar-refractivity contribution in [3.05, 3.63) is 35.9 Å². The fraction of sp³-hybridized carbons (Fsp3) is 0.562. The average molecular weight is 276 g/mol. The molecule has 2 rings (SSSR count). The Labute approximate surface area is 120 Å². The molecule has 1 aliphatic carbocycles. The van der Waals surface area contributed by atoms with Gasteiger partial charge >= 0.3 is 6.03 Å². The van der Waals surface area contributed by atoms with Crippen molar-refractivity contribution in [2.24, 2.45) is 5.92 Å². The van der Waals surface area contributed by atoms with E-state index in [-0.39, 0.29) is 12.6 Å². The zero-order valence-electron chi connectivity index (χ0n) is 12.1. The standard InChI is InChI=1S/C16H24N2O2/c1-13-6-5-9-16(10-13,12-19)18-15(20)17-11-14-7-3-2-4-8-14/h2-4,7-8,13,19H,5-6,9-12H2,1H3,(H2,17,18,20). The van der Waals surface area contributed by atoms with Gasteiger partial charge in [-0.25, -0.2) is 4.79 Å². The van der Waals surface area contributed by atoms with Crippen molar-refractivity contribution < 1.29 is 9.90 Å². The fourth-order valence-electron chi connectivity index (χ4n) is 3.02. The Morgan fingerprint density at radius 3 is 2.80 bits per heavy atom. The Balaban J connectivity index is 1.86. The molecule has 2 unspecified atom stereocenters. The summed E-state index contributed by atoms with van der Waals surface area (Å²) in [6.07, 6.45) is 3.94. The van der Waals surface area contributed by atoms with E-state index < -0.39 is 5.54 Å². The maximum atomic E-state index is 12.0. The number of aliphatic hydroxyl groups excluding tert-OH is 1. The van der Waals surface area contributed by atoms with Crippen LogP contribution in [0.25, 0.3) is 0 Å². The van der Waals surface area contributed by atoms with Crippen LogP contribution in [0.4, 0.5) is 4.79 Å². The summed E-state index contributed by atoms with van der Waals surface area (Å²) in [4.78, 5) is 12.0. The van der Waals surface area contributed by atoms with Crippen molar-refractivity contribution in [2.75, 3.05) is 6.61 Å².